The number of aromatic hydroxyl groups is 1. The van der Waals surface area contributed by atoms with Crippen LogP contribution in [0.1, 0.15) is 122 Å². The van der Waals surface area contributed by atoms with Crippen LogP contribution < -0.4 is 4.74 Å². The maximum absolute atomic E-state index is 13.7. The van der Waals surface area contributed by atoms with Gasteiger partial charge < -0.3 is 33.5 Å². The predicted molar refractivity (Wildman–Crippen MR) is 263 cm³/mol. The number of cyclic esters (lactones) is 1. The minimum atomic E-state index is -5.86. The molecule has 0 saturated carbocycles. The van der Waals surface area contributed by atoms with E-state index in [9.17, 15) is 62.6 Å². The van der Waals surface area contributed by atoms with Gasteiger partial charge in [-0.25, -0.2) is 0 Å². The Balaban J connectivity index is 0.000000338. The quantitative estimate of drug-likeness (QED) is 0.0484. The molecule has 1 atom stereocenters. The molecule has 1 aliphatic rings. The zero-order valence-corrected chi connectivity index (χ0v) is 44.2. The van der Waals surface area contributed by atoms with E-state index in [1.807, 2.05) is 70.9 Å². The summed E-state index contributed by atoms with van der Waals surface area (Å²) in [5, 5.41) is 9.91. The molecule has 5 rings (SSSR count). The van der Waals surface area contributed by atoms with Crippen LogP contribution >= 0.6 is 0 Å². The van der Waals surface area contributed by atoms with Gasteiger partial charge in [0.2, 0.25) is 0 Å². The number of benzene rings is 4. The lowest BCUT2D eigenvalue weighted by molar-refractivity contribution is -0.368. The van der Waals surface area contributed by atoms with Crippen molar-refractivity contribution in [3.8, 4) is 35.2 Å². The maximum atomic E-state index is 13.7. The number of rotatable bonds is 17. The highest BCUT2D eigenvalue weighted by atomic mass is 19.4. The monoisotopic (exact) mass is 1100 g/mol. The average Bonchev–Trinajstić information content (AvgIpc) is 3.77. The standard InChI is InChI=1S/C31H34F6O5.C26H28F6O3/c1-6-28(7-2,24-10-12-26(21(4)17-24)40-18-25-11-13-27(38)42-25)23-9-8-22(20(3)16-23)14-15-29(30(32,33)34,31(35,36)37)41-19-39-5;1-6-23(7-2,21-10-11-22(33)18(4)15-21)20-9-8-19(17(3)14-20)12-13-24(25(27,28)29,26(30,31)32)35-16-34-5/h8-10,12,16-17,25H,6-7,11,13,18-19H2,1-5H3;8-11,14-15,33H,6-7,16H2,1-5H3/t25-;/m0./s1. The number of aryl methyl sites for hydroxylation is 4. The van der Waals surface area contributed by atoms with E-state index >= 15 is 0 Å². The normalized spacial score (nSPS) is 14.7. The highest BCUT2D eigenvalue weighted by Gasteiger charge is 2.73. The fraction of sp³-hybridized carbons (Fsp3) is 0.491. The van der Waals surface area contributed by atoms with Crippen molar-refractivity contribution < 1.29 is 91.0 Å². The van der Waals surface area contributed by atoms with E-state index in [1.165, 1.54) is 24.0 Å². The Hall–Kier alpha value is -5.93. The van der Waals surface area contributed by atoms with E-state index in [1.54, 1.807) is 51.1 Å². The molecule has 77 heavy (non-hydrogen) atoms. The number of carbonyl (C=O) groups excluding carboxylic acids is 1. The molecule has 0 bridgehead atoms. The first-order valence-electron chi connectivity index (χ1n) is 24.4. The largest absolute Gasteiger partial charge is 0.508 e. The van der Waals surface area contributed by atoms with Crippen molar-refractivity contribution in [2.24, 2.45) is 0 Å². The highest BCUT2D eigenvalue weighted by molar-refractivity contribution is 5.71. The Morgan fingerprint density at radius 3 is 1.22 bits per heavy atom. The van der Waals surface area contributed by atoms with Crippen LogP contribution in [0.3, 0.4) is 0 Å². The summed E-state index contributed by atoms with van der Waals surface area (Å²) in [5.41, 5.74) is -4.36. The highest BCUT2D eigenvalue weighted by Crippen LogP contribution is 2.48. The van der Waals surface area contributed by atoms with Crippen LogP contribution in [0.5, 0.6) is 11.5 Å². The van der Waals surface area contributed by atoms with Crippen LogP contribution in [0, 0.1) is 51.4 Å². The summed E-state index contributed by atoms with van der Waals surface area (Å²) in [5.74, 6) is 7.32. The molecular weight excluding hydrogens is 1040 g/mol. The molecule has 0 unspecified atom stereocenters. The van der Waals surface area contributed by atoms with Gasteiger partial charge in [-0.2, -0.15) is 52.7 Å². The van der Waals surface area contributed by atoms with Gasteiger partial charge in [-0.15, -0.1) is 0 Å². The number of carbonyl (C=O) groups is 1. The van der Waals surface area contributed by atoms with E-state index in [0.29, 0.717) is 61.0 Å². The molecule has 1 saturated heterocycles. The molecule has 1 heterocycles. The van der Waals surface area contributed by atoms with Crippen LogP contribution in [0.25, 0.3) is 0 Å². The summed E-state index contributed by atoms with van der Waals surface area (Å²) in [4.78, 5) is 11.3. The molecule has 20 heteroatoms. The van der Waals surface area contributed by atoms with E-state index in [0.717, 1.165) is 42.0 Å². The molecule has 4 aromatic rings. The lowest BCUT2D eigenvalue weighted by Crippen LogP contribution is -2.58. The Bertz CT molecular complexity index is 2760. The lowest BCUT2D eigenvalue weighted by atomic mass is 9.70. The smallest absolute Gasteiger partial charge is 0.438 e. The molecule has 4 aromatic carbocycles. The second-order valence-electron chi connectivity index (χ2n) is 18.5. The molecule has 0 aromatic heterocycles. The Kier molecular flexibility index (Phi) is 20.9. The van der Waals surface area contributed by atoms with Crippen LogP contribution in [-0.4, -0.2) is 87.5 Å². The molecule has 0 aliphatic carbocycles. The van der Waals surface area contributed by atoms with Crippen LogP contribution in [0.4, 0.5) is 52.7 Å². The van der Waals surface area contributed by atoms with Gasteiger partial charge >= 0.3 is 41.9 Å². The summed E-state index contributed by atoms with van der Waals surface area (Å²) in [6.07, 6.45) is -20.0. The molecule has 0 radical (unpaired) electrons. The Morgan fingerprint density at radius 1 is 0.545 bits per heavy atom. The van der Waals surface area contributed by atoms with Gasteiger partial charge in [-0.05, 0) is 140 Å². The van der Waals surface area contributed by atoms with Crippen molar-refractivity contribution in [1.29, 1.82) is 0 Å². The molecule has 8 nitrogen and oxygen atoms in total. The average molecular weight is 1100 g/mol. The lowest BCUT2D eigenvalue weighted by Gasteiger charge is -2.34. The van der Waals surface area contributed by atoms with Crippen LogP contribution in [0.15, 0.2) is 72.8 Å². The topological polar surface area (TPSA) is 92.7 Å². The fourth-order valence-electron chi connectivity index (χ4n) is 9.22. The first kappa shape index (κ1) is 63.6. The molecule has 1 aliphatic heterocycles. The van der Waals surface area contributed by atoms with Gasteiger partial charge in [0, 0.05) is 42.6 Å². The Labute approximate surface area is 440 Å². The number of methoxy groups -OCH3 is 2. The number of esters is 1. The van der Waals surface area contributed by atoms with Crippen molar-refractivity contribution in [2.75, 3.05) is 34.4 Å². The van der Waals surface area contributed by atoms with Crippen molar-refractivity contribution in [3.63, 3.8) is 0 Å². The first-order chi connectivity index (χ1) is 35.8. The van der Waals surface area contributed by atoms with Gasteiger partial charge in [0.15, 0.2) is 0 Å². The number of phenols is 1. The fourth-order valence-corrected chi connectivity index (χ4v) is 9.22. The van der Waals surface area contributed by atoms with Crippen molar-refractivity contribution in [2.45, 2.75) is 147 Å². The van der Waals surface area contributed by atoms with E-state index < -0.39 is 60.3 Å². The zero-order chi connectivity index (χ0) is 58.0. The number of hydrogen-bond acceptors (Lipinski definition) is 8. The maximum Gasteiger partial charge on any atom is 0.438 e. The summed E-state index contributed by atoms with van der Waals surface area (Å²) in [7, 11) is 1.83. The van der Waals surface area contributed by atoms with E-state index in [2.05, 4.69) is 24.9 Å². The first-order valence-corrected chi connectivity index (χ1v) is 24.4. The van der Waals surface area contributed by atoms with Gasteiger partial charge in [-0.1, -0.05) is 88.1 Å². The SMILES string of the molecule is CCC(CC)(c1ccc(C#CC(OCOC)(C(F)(F)F)C(F)(F)F)c(C)c1)c1ccc(OC[C@@H]2CCC(=O)O2)c(C)c1.CCC(CC)(c1ccc(O)c(C)c1)c1ccc(C#CC(OCOC)(C(F)(F)F)C(F)(F)F)c(C)c1. The predicted octanol–water partition coefficient (Wildman–Crippen LogP) is 14.3. The minimum absolute atomic E-state index is 0.00582. The van der Waals surface area contributed by atoms with Gasteiger partial charge in [-0.3, -0.25) is 4.79 Å². The number of ether oxygens (including phenoxy) is 6. The summed E-state index contributed by atoms with van der Waals surface area (Å²) < 4.78 is 191. The number of hydrogen-bond donors (Lipinski definition) is 1. The van der Waals surface area contributed by atoms with Crippen molar-refractivity contribution in [1.82, 2.24) is 0 Å². The van der Waals surface area contributed by atoms with E-state index in [-0.39, 0.29) is 35.6 Å². The molecular formula is C57H62F12O8. The van der Waals surface area contributed by atoms with Crippen molar-refractivity contribution in [3.05, 3.63) is 128 Å². The Morgan fingerprint density at radius 2 is 0.909 bits per heavy atom. The number of halogens is 12. The molecule has 1 fully saturated rings. The summed E-state index contributed by atoms with van der Waals surface area (Å²) >= 11 is 0. The number of phenolic OH excluding ortho intramolecular Hbond substituents is 1. The van der Waals surface area contributed by atoms with Crippen LogP contribution in [-0.2, 0) is 39.3 Å². The molecule has 422 valence electrons. The molecule has 0 spiro atoms. The second-order valence-corrected chi connectivity index (χ2v) is 18.5. The zero-order valence-electron chi connectivity index (χ0n) is 44.2. The van der Waals surface area contributed by atoms with Crippen LogP contribution in [0.2, 0.25) is 0 Å². The second kappa shape index (κ2) is 25.2. The van der Waals surface area contributed by atoms with Gasteiger partial charge in [0.1, 0.15) is 37.8 Å². The third-order valence-corrected chi connectivity index (χ3v) is 14.0. The summed E-state index contributed by atoms with van der Waals surface area (Å²) in [6, 6.07) is 20.7. The third kappa shape index (κ3) is 13.7. The molecule has 0 amide bonds. The molecule has 1 N–H and O–H groups in total. The van der Waals surface area contributed by atoms with Gasteiger partial charge in [0.05, 0.1) is 0 Å². The minimum Gasteiger partial charge on any atom is -0.508 e. The van der Waals surface area contributed by atoms with E-state index in [4.69, 9.17) is 9.47 Å². The third-order valence-electron chi connectivity index (χ3n) is 14.0. The van der Waals surface area contributed by atoms with Gasteiger partial charge in [0.25, 0.3) is 0 Å². The summed E-state index contributed by atoms with van der Waals surface area (Å²) in [6.45, 7) is 12.6. The van der Waals surface area contributed by atoms with Crippen molar-refractivity contribution >= 4 is 5.97 Å². The number of alkyl halides is 12.